The first kappa shape index (κ1) is 11.6. The Hall–Kier alpha value is -0.900. The summed E-state index contributed by atoms with van der Waals surface area (Å²) < 4.78 is 12.7. The first-order valence-electron chi connectivity index (χ1n) is 5.34. The number of hydrogen-bond acceptors (Lipinski definition) is 1. The maximum Gasteiger partial charge on any atom is 0.236 e. The van der Waals surface area contributed by atoms with Crippen LogP contribution in [0.4, 0.5) is 4.39 Å². The molecule has 4 heteroatoms. The molecule has 1 amide bonds. The highest BCUT2D eigenvalue weighted by Gasteiger charge is 2.28. The molecule has 1 aromatic carbocycles. The Labute approximate surface area is 103 Å². The third-order valence-corrected chi connectivity index (χ3v) is 3.67. The van der Waals surface area contributed by atoms with Crippen molar-refractivity contribution in [1.29, 1.82) is 0 Å². The number of likely N-dealkylation sites (tertiary alicyclic amines) is 1. The smallest absolute Gasteiger partial charge is 0.236 e. The van der Waals surface area contributed by atoms with Crippen LogP contribution in [0.25, 0.3) is 0 Å². The molecule has 86 valence electrons. The fourth-order valence-electron chi connectivity index (χ4n) is 1.84. The number of carbonyl (C=O) groups is 1. The lowest BCUT2D eigenvalue weighted by atomic mass is 10.1. The minimum Gasteiger partial charge on any atom is -0.341 e. The van der Waals surface area contributed by atoms with Crippen molar-refractivity contribution in [3.8, 4) is 0 Å². The van der Waals surface area contributed by atoms with Gasteiger partial charge in [-0.1, -0.05) is 28.1 Å². The molecule has 0 saturated carbocycles. The average Bonchev–Trinajstić information content (AvgIpc) is 2.60. The van der Waals surface area contributed by atoms with Crippen molar-refractivity contribution in [3.63, 3.8) is 0 Å². The van der Waals surface area contributed by atoms with Gasteiger partial charge in [-0.15, -0.1) is 0 Å². The molecule has 2 nitrogen and oxygen atoms in total. The summed E-state index contributed by atoms with van der Waals surface area (Å²) in [6, 6.07) is 6.44. The Morgan fingerprint density at radius 2 is 2.06 bits per heavy atom. The lowest BCUT2D eigenvalue weighted by molar-refractivity contribution is -0.127. The molecule has 0 radical (unpaired) electrons. The van der Waals surface area contributed by atoms with Crippen LogP contribution in [0.15, 0.2) is 24.3 Å². The normalized spacial score (nSPS) is 20.5. The summed E-state index contributed by atoms with van der Waals surface area (Å²) in [7, 11) is 0. The molecular weight excluding hydrogens is 273 g/mol. The first-order chi connectivity index (χ1) is 7.66. The van der Waals surface area contributed by atoms with Crippen molar-refractivity contribution in [2.24, 2.45) is 0 Å². The molecule has 0 aromatic heterocycles. The molecule has 2 rings (SSSR count). The van der Waals surface area contributed by atoms with Gasteiger partial charge in [0.1, 0.15) is 5.82 Å². The maximum atomic E-state index is 12.7. The number of nitrogens with zero attached hydrogens (tertiary/aromatic N) is 1. The van der Waals surface area contributed by atoms with Crippen LogP contribution in [0.2, 0.25) is 0 Å². The number of amides is 1. The van der Waals surface area contributed by atoms with Gasteiger partial charge in [-0.05, 0) is 30.5 Å². The highest BCUT2D eigenvalue weighted by Crippen LogP contribution is 2.18. The second kappa shape index (κ2) is 4.95. The van der Waals surface area contributed by atoms with Gasteiger partial charge < -0.3 is 4.90 Å². The molecule has 1 atom stereocenters. The molecule has 16 heavy (non-hydrogen) atoms. The van der Waals surface area contributed by atoms with Crippen molar-refractivity contribution >= 4 is 21.8 Å². The zero-order chi connectivity index (χ0) is 11.5. The zero-order valence-electron chi connectivity index (χ0n) is 8.83. The molecule has 0 N–H and O–H groups in total. The molecule has 0 spiro atoms. The molecular formula is C12H13BrFNO. The predicted octanol–water partition coefficient (Wildman–Crippen LogP) is 2.36. The number of hydrogen-bond donors (Lipinski definition) is 0. The number of rotatable bonds is 3. The van der Waals surface area contributed by atoms with Gasteiger partial charge in [0.15, 0.2) is 0 Å². The van der Waals surface area contributed by atoms with E-state index >= 15 is 0 Å². The highest BCUT2D eigenvalue weighted by atomic mass is 79.9. The van der Waals surface area contributed by atoms with E-state index in [0.29, 0.717) is 6.54 Å². The van der Waals surface area contributed by atoms with E-state index in [2.05, 4.69) is 15.9 Å². The van der Waals surface area contributed by atoms with Crippen molar-refractivity contribution in [1.82, 2.24) is 4.90 Å². The van der Waals surface area contributed by atoms with E-state index in [1.165, 1.54) is 12.1 Å². The van der Waals surface area contributed by atoms with Gasteiger partial charge >= 0.3 is 0 Å². The van der Waals surface area contributed by atoms with Gasteiger partial charge in [-0.25, -0.2) is 4.39 Å². The molecule has 1 unspecified atom stereocenters. The van der Waals surface area contributed by atoms with E-state index in [1.807, 2.05) is 4.90 Å². The lowest BCUT2D eigenvalue weighted by Crippen LogP contribution is -2.29. The van der Waals surface area contributed by atoms with E-state index in [4.69, 9.17) is 0 Å². The van der Waals surface area contributed by atoms with Crippen LogP contribution in [-0.4, -0.2) is 28.7 Å². The summed E-state index contributed by atoms with van der Waals surface area (Å²) in [5.41, 5.74) is 1.06. The quantitative estimate of drug-likeness (QED) is 0.781. The Bertz CT molecular complexity index is 379. The lowest BCUT2D eigenvalue weighted by Gasteiger charge is -2.15. The van der Waals surface area contributed by atoms with E-state index in [0.717, 1.165) is 24.9 Å². The van der Waals surface area contributed by atoms with Crippen molar-refractivity contribution in [2.75, 3.05) is 13.1 Å². The van der Waals surface area contributed by atoms with E-state index in [1.54, 1.807) is 12.1 Å². The number of alkyl halides is 1. The van der Waals surface area contributed by atoms with Crippen LogP contribution in [0, 0.1) is 5.82 Å². The van der Waals surface area contributed by atoms with E-state index in [9.17, 15) is 9.18 Å². The van der Waals surface area contributed by atoms with Gasteiger partial charge in [0.2, 0.25) is 5.91 Å². The SMILES string of the molecule is O=C1C(Br)CCN1CCc1ccc(F)cc1. The Kier molecular flexibility index (Phi) is 3.59. The second-order valence-electron chi connectivity index (χ2n) is 3.96. The predicted molar refractivity (Wildman–Crippen MR) is 64.0 cm³/mol. The molecule has 1 saturated heterocycles. The summed E-state index contributed by atoms with van der Waals surface area (Å²) >= 11 is 3.34. The van der Waals surface area contributed by atoms with Crippen LogP contribution in [-0.2, 0) is 11.2 Å². The summed E-state index contributed by atoms with van der Waals surface area (Å²) in [4.78, 5) is 13.4. The molecule has 1 fully saturated rings. The standard InChI is InChI=1S/C12H13BrFNO/c13-11-6-8-15(12(11)16)7-5-9-1-3-10(14)4-2-9/h1-4,11H,5-8H2. The number of halogens is 2. The maximum absolute atomic E-state index is 12.7. The van der Waals surface area contributed by atoms with Gasteiger partial charge in [0.05, 0.1) is 4.83 Å². The average molecular weight is 286 g/mol. The zero-order valence-corrected chi connectivity index (χ0v) is 10.4. The number of benzene rings is 1. The fraction of sp³-hybridized carbons (Fsp3) is 0.417. The third kappa shape index (κ3) is 2.61. The van der Waals surface area contributed by atoms with E-state index < -0.39 is 0 Å². The summed E-state index contributed by atoms with van der Waals surface area (Å²) in [6.07, 6.45) is 1.66. The molecule has 1 aromatic rings. The van der Waals surface area contributed by atoms with Gasteiger partial charge in [-0.2, -0.15) is 0 Å². The van der Waals surface area contributed by atoms with Crippen molar-refractivity contribution in [2.45, 2.75) is 17.7 Å². The van der Waals surface area contributed by atoms with Crippen LogP contribution in [0.5, 0.6) is 0 Å². The Morgan fingerprint density at radius 3 is 2.62 bits per heavy atom. The van der Waals surface area contributed by atoms with Crippen LogP contribution < -0.4 is 0 Å². The van der Waals surface area contributed by atoms with Gasteiger partial charge in [-0.3, -0.25) is 4.79 Å². The van der Waals surface area contributed by atoms with Crippen LogP contribution in [0.3, 0.4) is 0 Å². The highest BCUT2D eigenvalue weighted by molar-refractivity contribution is 9.10. The topological polar surface area (TPSA) is 20.3 Å². The molecule has 1 heterocycles. The Morgan fingerprint density at radius 1 is 1.38 bits per heavy atom. The van der Waals surface area contributed by atoms with Crippen LogP contribution >= 0.6 is 15.9 Å². The van der Waals surface area contributed by atoms with E-state index in [-0.39, 0.29) is 16.6 Å². The van der Waals surface area contributed by atoms with Gasteiger partial charge in [0, 0.05) is 13.1 Å². The van der Waals surface area contributed by atoms with Gasteiger partial charge in [0.25, 0.3) is 0 Å². The minimum atomic E-state index is -0.221. The summed E-state index contributed by atoms with van der Waals surface area (Å²) in [6.45, 7) is 1.53. The third-order valence-electron chi connectivity index (χ3n) is 2.82. The minimum absolute atomic E-state index is 0.0132. The number of carbonyl (C=O) groups excluding carboxylic acids is 1. The van der Waals surface area contributed by atoms with Crippen LogP contribution in [0.1, 0.15) is 12.0 Å². The molecule has 1 aliphatic heterocycles. The summed E-state index contributed by atoms with van der Waals surface area (Å²) in [5, 5.41) is 0. The monoisotopic (exact) mass is 285 g/mol. The summed E-state index contributed by atoms with van der Waals surface area (Å²) in [5.74, 6) is -0.0522. The Balaban J connectivity index is 1.88. The van der Waals surface area contributed by atoms with Crippen molar-refractivity contribution < 1.29 is 9.18 Å². The largest absolute Gasteiger partial charge is 0.341 e. The molecule has 1 aliphatic rings. The second-order valence-corrected chi connectivity index (χ2v) is 5.06. The molecule has 0 bridgehead atoms. The first-order valence-corrected chi connectivity index (χ1v) is 6.25. The fourth-order valence-corrected chi connectivity index (χ4v) is 2.33. The molecule has 0 aliphatic carbocycles. The van der Waals surface area contributed by atoms with Crippen molar-refractivity contribution in [3.05, 3.63) is 35.6 Å².